The molecule has 0 bridgehead atoms. The fraction of sp³-hybridized carbons (Fsp3) is 0.667. The average molecular weight is 210 g/mol. The number of nitrogens with zero attached hydrogens (tertiary/aromatic N) is 1. The average Bonchev–Trinajstić information content (AvgIpc) is 2.70. The van der Waals surface area contributed by atoms with Gasteiger partial charge in [-0.15, -0.1) is 0 Å². The Labute approximate surface area is 92.5 Å². The first-order valence-electron chi connectivity index (χ1n) is 5.71. The fourth-order valence-electron chi connectivity index (χ4n) is 1.63. The highest BCUT2D eigenvalue weighted by atomic mass is 16.3. The Morgan fingerprint density at radius 2 is 2.27 bits per heavy atom. The lowest BCUT2D eigenvalue weighted by molar-refractivity contribution is 0.233. The normalized spacial score (nSPS) is 11.5. The SMILES string of the molecule is CCN(CCNCc1ccco1)C(C)C. The van der Waals surface area contributed by atoms with Crippen molar-refractivity contribution in [1.29, 1.82) is 0 Å². The van der Waals surface area contributed by atoms with Gasteiger partial charge in [0.1, 0.15) is 5.76 Å². The van der Waals surface area contributed by atoms with Gasteiger partial charge in [-0.25, -0.2) is 0 Å². The Morgan fingerprint density at radius 1 is 1.47 bits per heavy atom. The third-order valence-corrected chi connectivity index (χ3v) is 2.59. The van der Waals surface area contributed by atoms with Crippen LogP contribution in [0, 0.1) is 0 Å². The summed E-state index contributed by atoms with van der Waals surface area (Å²) in [6.07, 6.45) is 1.71. The predicted octanol–water partition coefficient (Wildman–Crippen LogP) is 2.10. The van der Waals surface area contributed by atoms with Crippen molar-refractivity contribution in [3.63, 3.8) is 0 Å². The van der Waals surface area contributed by atoms with Crippen molar-refractivity contribution in [1.82, 2.24) is 10.2 Å². The smallest absolute Gasteiger partial charge is 0.117 e. The first-order valence-corrected chi connectivity index (χ1v) is 5.71. The van der Waals surface area contributed by atoms with Crippen molar-refractivity contribution >= 4 is 0 Å². The number of nitrogens with one attached hydrogen (secondary N) is 1. The Hall–Kier alpha value is -0.800. The molecule has 0 fully saturated rings. The van der Waals surface area contributed by atoms with E-state index in [1.54, 1.807) is 6.26 Å². The molecule has 15 heavy (non-hydrogen) atoms. The molecule has 1 aromatic rings. The van der Waals surface area contributed by atoms with E-state index in [1.807, 2.05) is 12.1 Å². The Morgan fingerprint density at radius 3 is 2.80 bits per heavy atom. The highest BCUT2D eigenvalue weighted by Gasteiger charge is 2.05. The summed E-state index contributed by atoms with van der Waals surface area (Å²) in [5.41, 5.74) is 0. The third-order valence-electron chi connectivity index (χ3n) is 2.59. The van der Waals surface area contributed by atoms with E-state index < -0.39 is 0 Å². The molecule has 0 spiro atoms. The summed E-state index contributed by atoms with van der Waals surface area (Å²) in [5, 5.41) is 3.37. The summed E-state index contributed by atoms with van der Waals surface area (Å²) in [5.74, 6) is 1.00. The third kappa shape index (κ3) is 4.49. The van der Waals surface area contributed by atoms with Crippen LogP contribution in [0.1, 0.15) is 26.5 Å². The quantitative estimate of drug-likeness (QED) is 0.699. The fourth-order valence-corrected chi connectivity index (χ4v) is 1.63. The minimum absolute atomic E-state index is 0.625. The lowest BCUT2D eigenvalue weighted by atomic mass is 10.3. The van der Waals surface area contributed by atoms with Crippen molar-refractivity contribution in [2.24, 2.45) is 0 Å². The molecule has 0 radical (unpaired) electrons. The van der Waals surface area contributed by atoms with E-state index in [-0.39, 0.29) is 0 Å². The van der Waals surface area contributed by atoms with Crippen LogP contribution in [-0.2, 0) is 6.54 Å². The maximum atomic E-state index is 5.24. The molecule has 0 aromatic carbocycles. The Kier molecular flexibility index (Phi) is 5.43. The number of furan rings is 1. The summed E-state index contributed by atoms with van der Waals surface area (Å²) in [7, 11) is 0. The molecule has 1 aromatic heterocycles. The van der Waals surface area contributed by atoms with E-state index in [9.17, 15) is 0 Å². The van der Waals surface area contributed by atoms with Crippen molar-refractivity contribution in [2.75, 3.05) is 19.6 Å². The van der Waals surface area contributed by atoms with Crippen LogP contribution in [0.4, 0.5) is 0 Å². The van der Waals surface area contributed by atoms with E-state index in [1.165, 1.54) is 0 Å². The van der Waals surface area contributed by atoms with Gasteiger partial charge >= 0.3 is 0 Å². The number of rotatable bonds is 7. The molecule has 3 heteroatoms. The van der Waals surface area contributed by atoms with Crippen LogP contribution in [-0.4, -0.2) is 30.6 Å². The lowest BCUT2D eigenvalue weighted by Crippen LogP contribution is -2.36. The van der Waals surface area contributed by atoms with Gasteiger partial charge in [0.2, 0.25) is 0 Å². The van der Waals surface area contributed by atoms with Gasteiger partial charge in [0, 0.05) is 19.1 Å². The lowest BCUT2D eigenvalue weighted by Gasteiger charge is -2.24. The monoisotopic (exact) mass is 210 g/mol. The van der Waals surface area contributed by atoms with Crippen molar-refractivity contribution in [3.05, 3.63) is 24.2 Å². The van der Waals surface area contributed by atoms with Crippen LogP contribution in [0.5, 0.6) is 0 Å². The number of likely N-dealkylation sites (N-methyl/N-ethyl adjacent to an activating group) is 1. The summed E-state index contributed by atoms with van der Waals surface area (Å²) in [4.78, 5) is 2.44. The van der Waals surface area contributed by atoms with Crippen molar-refractivity contribution < 1.29 is 4.42 Å². The van der Waals surface area contributed by atoms with E-state index >= 15 is 0 Å². The molecule has 3 nitrogen and oxygen atoms in total. The molecule has 0 saturated heterocycles. The van der Waals surface area contributed by atoms with Crippen molar-refractivity contribution in [2.45, 2.75) is 33.4 Å². The predicted molar refractivity (Wildman–Crippen MR) is 62.8 cm³/mol. The second-order valence-electron chi connectivity index (χ2n) is 3.98. The first-order chi connectivity index (χ1) is 7.24. The Balaban J connectivity index is 2.10. The van der Waals surface area contributed by atoms with Gasteiger partial charge in [0.15, 0.2) is 0 Å². The van der Waals surface area contributed by atoms with E-state index in [4.69, 9.17) is 4.42 Å². The van der Waals surface area contributed by atoms with E-state index in [2.05, 4.69) is 31.0 Å². The highest BCUT2D eigenvalue weighted by Crippen LogP contribution is 1.99. The van der Waals surface area contributed by atoms with Crippen molar-refractivity contribution in [3.8, 4) is 0 Å². The molecule has 0 unspecified atom stereocenters. The molecular weight excluding hydrogens is 188 g/mol. The molecule has 86 valence electrons. The molecule has 0 atom stereocenters. The topological polar surface area (TPSA) is 28.4 Å². The highest BCUT2D eigenvalue weighted by molar-refractivity contribution is 4.97. The standard InChI is InChI=1S/C12H22N2O/c1-4-14(11(2)3)8-7-13-10-12-6-5-9-15-12/h5-6,9,11,13H,4,7-8,10H2,1-3H3. The van der Waals surface area contributed by atoms with Crippen LogP contribution in [0.25, 0.3) is 0 Å². The Bertz CT molecular complexity index is 244. The zero-order valence-electron chi connectivity index (χ0n) is 9.99. The van der Waals surface area contributed by atoms with Gasteiger partial charge < -0.3 is 9.73 Å². The molecule has 1 rings (SSSR count). The first kappa shape index (κ1) is 12.3. The molecule has 0 aliphatic rings. The molecule has 1 N–H and O–H groups in total. The molecule has 0 saturated carbocycles. The maximum Gasteiger partial charge on any atom is 0.117 e. The molecule has 0 aliphatic carbocycles. The van der Waals surface area contributed by atoms with Gasteiger partial charge in [-0.1, -0.05) is 6.92 Å². The zero-order chi connectivity index (χ0) is 11.1. The van der Waals surface area contributed by atoms with Gasteiger partial charge in [-0.3, -0.25) is 4.90 Å². The summed E-state index contributed by atoms with van der Waals surface area (Å²) in [6.45, 7) is 10.7. The van der Waals surface area contributed by atoms with Gasteiger partial charge in [0.05, 0.1) is 12.8 Å². The second kappa shape index (κ2) is 6.64. The van der Waals surface area contributed by atoms with Crippen LogP contribution >= 0.6 is 0 Å². The summed E-state index contributed by atoms with van der Waals surface area (Å²) >= 11 is 0. The van der Waals surface area contributed by atoms with E-state index in [0.717, 1.165) is 31.9 Å². The van der Waals surface area contributed by atoms with Crippen LogP contribution in [0.2, 0.25) is 0 Å². The number of hydrogen-bond acceptors (Lipinski definition) is 3. The molecular formula is C12H22N2O. The van der Waals surface area contributed by atoms with Gasteiger partial charge in [0.25, 0.3) is 0 Å². The van der Waals surface area contributed by atoms with Gasteiger partial charge in [-0.2, -0.15) is 0 Å². The summed E-state index contributed by atoms with van der Waals surface area (Å²) < 4.78 is 5.24. The minimum atomic E-state index is 0.625. The van der Waals surface area contributed by atoms with Crippen LogP contribution in [0.3, 0.4) is 0 Å². The maximum absolute atomic E-state index is 5.24. The van der Waals surface area contributed by atoms with Crippen LogP contribution in [0.15, 0.2) is 22.8 Å². The largest absolute Gasteiger partial charge is 0.468 e. The van der Waals surface area contributed by atoms with Gasteiger partial charge in [-0.05, 0) is 32.5 Å². The number of hydrogen-bond donors (Lipinski definition) is 1. The second-order valence-corrected chi connectivity index (χ2v) is 3.98. The molecule has 1 heterocycles. The van der Waals surface area contributed by atoms with Crippen LogP contribution < -0.4 is 5.32 Å². The van der Waals surface area contributed by atoms with E-state index in [0.29, 0.717) is 6.04 Å². The molecule has 0 aliphatic heterocycles. The summed E-state index contributed by atoms with van der Waals surface area (Å²) in [6, 6.07) is 4.54. The molecule has 0 amide bonds. The zero-order valence-corrected chi connectivity index (χ0v) is 9.99. The minimum Gasteiger partial charge on any atom is -0.468 e.